The number of hydrogen-bond acceptors (Lipinski definition) is 4. The van der Waals surface area contributed by atoms with Gasteiger partial charge in [-0.3, -0.25) is 9.69 Å². The standard InChI is InChI=1S/C22H26IN5O/c1-14-11-27(12-15-5-4-6-16(23)9-15)13-19(14)20-25-21-18(22(29)26-20)10-24-28(21)17-7-2-3-8-17/h4-6,9-10,14,17,19H,2-3,7-8,11-13H2,1H3,(H,25,26,29)/t14-,19-/m1/s1. The lowest BCUT2D eigenvalue weighted by molar-refractivity contribution is 0.318. The van der Waals surface area contributed by atoms with Gasteiger partial charge in [-0.15, -0.1) is 0 Å². The second-order valence-electron chi connectivity index (χ2n) is 8.62. The summed E-state index contributed by atoms with van der Waals surface area (Å²) in [6.45, 7) is 5.13. The van der Waals surface area contributed by atoms with Crippen LogP contribution in [0.4, 0.5) is 0 Å². The number of likely N-dealkylation sites (tertiary alicyclic amines) is 1. The molecule has 2 aromatic heterocycles. The lowest BCUT2D eigenvalue weighted by Crippen LogP contribution is -2.21. The predicted molar refractivity (Wildman–Crippen MR) is 122 cm³/mol. The third-order valence-electron chi connectivity index (χ3n) is 6.49. The topological polar surface area (TPSA) is 66.8 Å². The van der Waals surface area contributed by atoms with Crippen LogP contribution in [0.5, 0.6) is 0 Å². The van der Waals surface area contributed by atoms with Crippen LogP contribution >= 0.6 is 22.6 Å². The number of H-pyrrole nitrogens is 1. The smallest absolute Gasteiger partial charge is 0.262 e. The van der Waals surface area contributed by atoms with E-state index in [1.807, 2.05) is 4.68 Å². The molecule has 0 bridgehead atoms. The Kier molecular flexibility index (Phi) is 5.19. The zero-order valence-electron chi connectivity index (χ0n) is 16.6. The number of fused-ring (bicyclic) bond motifs is 1. The maximum atomic E-state index is 12.7. The normalized spacial score (nSPS) is 23.4. The average molecular weight is 503 g/mol. The van der Waals surface area contributed by atoms with Crippen LogP contribution < -0.4 is 5.56 Å². The van der Waals surface area contributed by atoms with E-state index in [1.165, 1.54) is 22.0 Å². The number of hydrogen-bond donors (Lipinski definition) is 1. The third-order valence-corrected chi connectivity index (χ3v) is 7.16. The Bertz CT molecular complexity index is 1080. The number of rotatable bonds is 4. The van der Waals surface area contributed by atoms with Crippen molar-refractivity contribution < 1.29 is 0 Å². The number of benzene rings is 1. The summed E-state index contributed by atoms with van der Waals surface area (Å²) in [6.07, 6.45) is 6.41. The number of nitrogens with zero attached hydrogens (tertiary/aromatic N) is 4. The number of aromatic nitrogens is 4. The Labute approximate surface area is 183 Å². The molecule has 0 radical (unpaired) electrons. The Morgan fingerprint density at radius 3 is 2.86 bits per heavy atom. The summed E-state index contributed by atoms with van der Waals surface area (Å²) >= 11 is 2.36. The molecule has 1 aliphatic carbocycles. The van der Waals surface area contributed by atoms with E-state index in [4.69, 9.17) is 4.98 Å². The van der Waals surface area contributed by atoms with E-state index < -0.39 is 0 Å². The van der Waals surface area contributed by atoms with Gasteiger partial charge in [-0.25, -0.2) is 9.67 Å². The number of nitrogens with one attached hydrogen (secondary N) is 1. The van der Waals surface area contributed by atoms with Crippen LogP contribution in [0, 0.1) is 9.49 Å². The van der Waals surface area contributed by atoms with Gasteiger partial charge in [-0.05, 0) is 59.0 Å². The lowest BCUT2D eigenvalue weighted by Gasteiger charge is -2.16. The van der Waals surface area contributed by atoms with Gasteiger partial charge >= 0.3 is 0 Å². The zero-order valence-corrected chi connectivity index (χ0v) is 18.8. The van der Waals surface area contributed by atoms with Crippen molar-refractivity contribution >= 4 is 33.6 Å². The van der Waals surface area contributed by atoms with Crippen molar-refractivity contribution in [3.05, 3.63) is 55.8 Å². The molecule has 0 spiro atoms. The van der Waals surface area contributed by atoms with Gasteiger partial charge in [-0.2, -0.15) is 5.10 Å². The fraction of sp³-hybridized carbons (Fsp3) is 0.500. The molecule has 3 aromatic rings. The van der Waals surface area contributed by atoms with Crippen molar-refractivity contribution in [3.8, 4) is 0 Å². The van der Waals surface area contributed by atoms with Crippen molar-refractivity contribution in [1.29, 1.82) is 0 Å². The van der Waals surface area contributed by atoms with Crippen molar-refractivity contribution in [3.63, 3.8) is 0 Å². The van der Waals surface area contributed by atoms with Crippen LogP contribution in [0.1, 0.15) is 56.0 Å². The second kappa shape index (κ2) is 7.83. The minimum Gasteiger partial charge on any atom is -0.310 e. The fourth-order valence-electron chi connectivity index (χ4n) is 4.99. The zero-order chi connectivity index (χ0) is 20.0. The van der Waals surface area contributed by atoms with Crippen molar-refractivity contribution in [2.24, 2.45) is 5.92 Å². The van der Waals surface area contributed by atoms with Gasteiger partial charge in [0.05, 0.1) is 12.2 Å². The summed E-state index contributed by atoms with van der Waals surface area (Å²) in [7, 11) is 0. The van der Waals surface area contributed by atoms with Gasteiger partial charge in [0.25, 0.3) is 5.56 Å². The van der Waals surface area contributed by atoms with Gasteiger partial charge in [0, 0.05) is 29.1 Å². The number of aromatic amines is 1. The first-order valence-corrected chi connectivity index (χ1v) is 11.6. The van der Waals surface area contributed by atoms with Crippen LogP contribution in [-0.4, -0.2) is 37.7 Å². The quantitative estimate of drug-likeness (QED) is 0.546. The molecule has 7 heteroatoms. The molecule has 6 nitrogen and oxygen atoms in total. The molecule has 1 aromatic carbocycles. The van der Waals surface area contributed by atoms with Crippen molar-refractivity contribution in [1.82, 2.24) is 24.6 Å². The molecule has 2 aliphatic rings. The van der Waals surface area contributed by atoms with Gasteiger partial charge in [-0.1, -0.05) is 31.9 Å². The summed E-state index contributed by atoms with van der Waals surface area (Å²) in [5.74, 6) is 1.50. The first kappa shape index (κ1) is 19.2. The monoisotopic (exact) mass is 503 g/mol. The fourth-order valence-corrected chi connectivity index (χ4v) is 5.60. The molecule has 2 atom stereocenters. The molecular formula is C22H26IN5O. The predicted octanol–water partition coefficient (Wildman–Crippen LogP) is 4.07. The van der Waals surface area contributed by atoms with E-state index in [2.05, 4.69) is 68.8 Å². The molecule has 1 saturated heterocycles. The van der Waals surface area contributed by atoms with Gasteiger partial charge in [0.1, 0.15) is 11.2 Å². The van der Waals surface area contributed by atoms with E-state index in [-0.39, 0.29) is 11.5 Å². The van der Waals surface area contributed by atoms with Crippen molar-refractivity contribution in [2.45, 2.75) is 51.1 Å². The van der Waals surface area contributed by atoms with Gasteiger partial charge < -0.3 is 4.98 Å². The molecule has 2 fully saturated rings. The lowest BCUT2D eigenvalue weighted by atomic mass is 9.97. The van der Waals surface area contributed by atoms with Crippen LogP contribution in [0.3, 0.4) is 0 Å². The van der Waals surface area contributed by atoms with Crippen LogP contribution in [-0.2, 0) is 6.54 Å². The molecule has 1 N–H and O–H groups in total. The van der Waals surface area contributed by atoms with Crippen LogP contribution in [0.2, 0.25) is 0 Å². The third kappa shape index (κ3) is 3.74. The molecular weight excluding hydrogens is 477 g/mol. The highest BCUT2D eigenvalue weighted by Gasteiger charge is 2.33. The summed E-state index contributed by atoms with van der Waals surface area (Å²) in [5.41, 5.74) is 2.04. The highest BCUT2D eigenvalue weighted by molar-refractivity contribution is 14.1. The maximum Gasteiger partial charge on any atom is 0.262 e. The summed E-state index contributed by atoms with van der Waals surface area (Å²) in [4.78, 5) is 23.2. The highest BCUT2D eigenvalue weighted by atomic mass is 127. The molecule has 5 rings (SSSR count). The van der Waals surface area contributed by atoms with Gasteiger partial charge in [0.2, 0.25) is 0 Å². The average Bonchev–Trinajstić information content (AvgIpc) is 3.41. The Balaban J connectivity index is 1.42. The molecule has 1 saturated carbocycles. The van der Waals surface area contributed by atoms with Crippen LogP contribution in [0.15, 0.2) is 35.3 Å². The molecule has 3 heterocycles. The molecule has 0 unspecified atom stereocenters. The van der Waals surface area contributed by atoms with Crippen LogP contribution in [0.25, 0.3) is 11.0 Å². The molecule has 0 amide bonds. The summed E-state index contributed by atoms with van der Waals surface area (Å²) in [5, 5.41) is 5.14. The largest absolute Gasteiger partial charge is 0.310 e. The maximum absolute atomic E-state index is 12.7. The van der Waals surface area contributed by atoms with E-state index >= 15 is 0 Å². The Morgan fingerprint density at radius 2 is 2.07 bits per heavy atom. The highest BCUT2D eigenvalue weighted by Crippen LogP contribution is 2.33. The van der Waals surface area contributed by atoms with E-state index in [0.717, 1.165) is 43.9 Å². The first-order chi connectivity index (χ1) is 14.1. The molecule has 29 heavy (non-hydrogen) atoms. The Hall–Kier alpha value is -1.74. The Morgan fingerprint density at radius 1 is 1.24 bits per heavy atom. The van der Waals surface area contributed by atoms with Crippen molar-refractivity contribution in [2.75, 3.05) is 13.1 Å². The summed E-state index contributed by atoms with van der Waals surface area (Å²) in [6, 6.07) is 9.05. The molecule has 152 valence electrons. The first-order valence-electron chi connectivity index (χ1n) is 10.5. The minimum atomic E-state index is -0.0579. The SMILES string of the molecule is C[C@@H]1CN(Cc2cccc(I)c2)C[C@H]1c1nc2c(cnn2C2CCCC2)c(=O)[nH]1. The van der Waals surface area contributed by atoms with E-state index in [1.54, 1.807) is 6.20 Å². The second-order valence-corrected chi connectivity index (χ2v) is 9.87. The molecule has 1 aliphatic heterocycles. The summed E-state index contributed by atoms with van der Waals surface area (Å²) < 4.78 is 3.27. The van der Waals surface area contributed by atoms with E-state index in [0.29, 0.717) is 17.3 Å². The number of halogens is 1. The van der Waals surface area contributed by atoms with E-state index in [9.17, 15) is 4.79 Å². The minimum absolute atomic E-state index is 0.0579. The van der Waals surface area contributed by atoms with Gasteiger partial charge in [0.15, 0.2) is 5.65 Å².